The van der Waals surface area contributed by atoms with Crippen LogP contribution in [-0.2, 0) is 46.4 Å². The first-order valence-electron chi connectivity index (χ1n) is 17.4. The molecule has 300 valence electrons. The van der Waals surface area contributed by atoms with Crippen LogP contribution in [0, 0.1) is 0 Å². The Hall–Kier alpha value is -6.28. The molecule has 0 unspecified atom stereocenters. The number of nitrogens with one attached hydrogen (secondary N) is 5. The van der Waals surface area contributed by atoms with Crippen LogP contribution in [-0.4, -0.2) is 107 Å². The number of carbonyl (C=O) groups excluding carboxylic acids is 6. The van der Waals surface area contributed by atoms with Crippen LogP contribution in [0.5, 0.6) is 5.75 Å². The van der Waals surface area contributed by atoms with Gasteiger partial charge in [-0.2, -0.15) is 0 Å². The molecule has 2 rings (SSSR count). The van der Waals surface area contributed by atoms with E-state index in [2.05, 4.69) is 31.6 Å². The van der Waals surface area contributed by atoms with Crippen LogP contribution in [0.2, 0.25) is 0 Å². The number of primary amides is 1. The van der Waals surface area contributed by atoms with Gasteiger partial charge in [-0.25, -0.2) is 4.79 Å². The molecular weight excluding hydrogens is 718 g/mol. The molecule has 55 heavy (non-hydrogen) atoms. The van der Waals surface area contributed by atoms with E-state index < -0.39 is 84.6 Å². The highest BCUT2D eigenvalue weighted by atomic mass is 16.4. The molecule has 0 radical (unpaired) electrons. The third kappa shape index (κ3) is 17.9. The summed E-state index contributed by atoms with van der Waals surface area (Å²) >= 11 is 0. The molecule has 0 aliphatic carbocycles. The Labute approximate surface area is 317 Å². The molecule has 0 aromatic heterocycles. The van der Waals surface area contributed by atoms with E-state index in [4.69, 9.17) is 28.7 Å². The lowest BCUT2D eigenvalue weighted by Crippen LogP contribution is -2.54. The summed E-state index contributed by atoms with van der Waals surface area (Å²) in [6.45, 7) is -0.482. The quantitative estimate of drug-likeness (QED) is 0.0278. The van der Waals surface area contributed by atoms with Gasteiger partial charge in [0.05, 0.1) is 25.0 Å². The van der Waals surface area contributed by atoms with Gasteiger partial charge in [0.15, 0.2) is 5.96 Å². The van der Waals surface area contributed by atoms with E-state index in [0.717, 1.165) is 0 Å². The van der Waals surface area contributed by atoms with Crippen molar-refractivity contribution in [1.82, 2.24) is 26.6 Å². The predicted molar refractivity (Wildman–Crippen MR) is 200 cm³/mol. The molecule has 0 fully saturated rings. The van der Waals surface area contributed by atoms with Crippen molar-refractivity contribution >= 4 is 47.4 Å². The fraction of sp³-hybridized carbons (Fsp3) is 0.429. The molecule has 2 aromatic rings. The first-order chi connectivity index (χ1) is 26.0. The van der Waals surface area contributed by atoms with Crippen LogP contribution in [0.15, 0.2) is 59.6 Å². The zero-order valence-electron chi connectivity index (χ0n) is 30.2. The molecule has 0 saturated carbocycles. The number of hydrogen-bond donors (Lipinski definition) is 12. The SMILES string of the molecule is NC(=O)C[C@H](NC(=O)[C@@H](N)CCCN=C(N)N)C(=O)NCCC[C@@H](NC(=O)[C@@H](N)Cc1ccc(O)cc1)C(=O)NCC(=O)N[C@@H](Cc1ccccc1)C(=O)O. The van der Waals surface area contributed by atoms with Crippen LogP contribution in [0.1, 0.15) is 43.2 Å². The molecule has 0 aliphatic rings. The topological polar surface area (TPSA) is 363 Å². The number of amides is 6. The van der Waals surface area contributed by atoms with Gasteiger partial charge in [0.25, 0.3) is 0 Å². The number of guanidine groups is 1. The predicted octanol–water partition coefficient (Wildman–Crippen LogP) is -3.69. The average molecular weight is 770 g/mol. The molecule has 0 spiro atoms. The van der Waals surface area contributed by atoms with Crippen molar-refractivity contribution in [3.63, 3.8) is 0 Å². The summed E-state index contributed by atoms with van der Waals surface area (Å²) in [4.78, 5) is 91.8. The maximum atomic E-state index is 13.3. The Morgan fingerprint density at radius 2 is 1.25 bits per heavy atom. The monoisotopic (exact) mass is 769 g/mol. The number of hydrogen-bond acceptors (Lipinski definition) is 11. The van der Waals surface area contributed by atoms with Crippen molar-refractivity contribution in [1.29, 1.82) is 0 Å². The number of aliphatic imine (C=N–C) groups is 1. The number of carboxylic acid groups (broad SMARTS) is 1. The van der Waals surface area contributed by atoms with Crippen LogP contribution < -0.4 is 55.3 Å². The second-order valence-corrected chi connectivity index (χ2v) is 12.6. The highest BCUT2D eigenvalue weighted by Gasteiger charge is 2.28. The van der Waals surface area contributed by atoms with Crippen LogP contribution in [0.25, 0.3) is 0 Å². The number of nitrogens with two attached hydrogens (primary N) is 5. The molecule has 0 heterocycles. The third-order valence-corrected chi connectivity index (χ3v) is 8.01. The van der Waals surface area contributed by atoms with Crippen molar-refractivity contribution in [2.75, 3.05) is 19.6 Å². The van der Waals surface area contributed by atoms with Crippen molar-refractivity contribution in [3.05, 3.63) is 65.7 Å². The standard InChI is InChI=1S/C35H51N11O9/c36-23(8-4-15-42-35(39)40)30(50)46-26(18-28(38)48)33(53)41-14-5-9-25(45-31(51)24(37)16-21-10-12-22(47)13-11-21)32(52)43-19-29(49)44-27(34(54)55)17-20-6-2-1-3-7-20/h1-3,6-7,10-13,23-27,47H,4-5,8-9,14-19,36-37H2,(H2,38,48)(H,41,53)(H,43,52)(H,44,49)(H,45,51)(H,46,50)(H,54,55)(H4,39,40,42)/t23-,24-,25+,26-,27-/m0/s1. The Balaban J connectivity index is 2.04. The molecule has 0 aliphatic heterocycles. The van der Waals surface area contributed by atoms with Crippen molar-refractivity contribution in [3.8, 4) is 5.75 Å². The van der Waals surface area contributed by atoms with Gasteiger partial charge in [0.2, 0.25) is 35.4 Å². The van der Waals surface area contributed by atoms with Gasteiger partial charge < -0.3 is 65.5 Å². The summed E-state index contributed by atoms with van der Waals surface area (Å²) in [7, 11) is 0. The maximum Gasteiger partial charge on any atom is 0.326 e. The number of nitrogens with zero attached hydrogens (tertiary/aromatic N) is 1. The largest absolute Gasteiger partial charge is 0.508 e. The summed E-state index contributed by atoms with van der Waals surface area (Å²) in [6, 6.07) is 8.56. The van der Waals surface area contributed by atoms with Gasteiger partial charge in [-0.05, 0) is 55.4 Å². The lowest BCUT2D eigenvalue weighted by molar-refractivity contribution is -0.141. The fourth-order valence-electron chi connectivity index (χ4n) is 5.09. The number of rotatable bonds is 24. The van der Waals surface area contributed by atoms with E-state index in [1.165, 1.54) is 12.1 Å². The first kappa shape index (κ1) is 44.9. The molecular formula is C35H51N11O9. The molecule has 0 saturated heterocycles. The molecule has 20 nitrogen and oxygen atoms in total. The van der Waals surface area contributed by atoms with Gasteiger partial charge in [0, 0.05) is 19.5 Å². The van der Waals surface area contributed by atoms with Crippen molar-refractivity contribution < 1.29 is 43.8 Å². The van der Waals surface area contributed by atoms with Gasteiger partial charge >= 0.3 is 5.97 Å². The summed E-state index contributed by atoms with van der Waals surface area (Å²) in [5, 5.41) is 31.4. The van der Waals surface area contributed by atoms with Gasteiger partial charge in [-0.1, -0.05) is 42.5 Å². The summed E-state index contributed by atoms with van der Waals surface area (Å²) in [5.74, 6) is -6.03. The minimum Gasteiger partial charge on any atom is -0.508 e. The number of benzene rings is 2. The Bertz CT molecular complexity index is 1640. The number of carboxylic acids is 1. The number of aromatic hydroxyl groups is 1. The lowest BCUT2D eigenvalue weighted by atomic mass is 10.0. The molecule has 2 aromatic carbocycles. The Morgan fingerprint density at radius 1 is 0.655 bits per heavy atom. The second kappa shape index (κ2) is 23.4. The van der Waals surface area contributed by atoms with E-state index in [1.54, 1.807) is 42.5 Å². The Kier molecular flexibility index (Phi) is 19.1. The first-order valence-corrected chi connectivity index (χ1v) is 17.4. The molecule has 17 N–H and O–H groups in total. The van der Waals surface area contributed by atoms with Gasteiger partial charge in [-0.3, -0.25) is 33.8 Å². The number of phenolic OH excluding ortho intramolecular Hbond substituents is 1. The van der Waals surface area contributed by atoms with Crippen LogP contribution in [0.3, 0.4) is 0 Å². The summed E-state index contributed by atoms with van der Waals surface area (Å²) < 4.78 is 0. The lowest BCUT2D eigenvalue weighted by Gasteiger charge is -2.22. The number of phenols is 1. The van der Waals surface area contributed by atoms with E-state index in [-0.39, 0.29) is 56.9 Å². The fourth-order valence-corrected chi connectivity index (χ4v) is 5.09. The van der Waals surface area contributed by atoms with Crippen molar-refractivity contribution in [2.45, 2.75) is 75.2 Å². The zero-order chi connectivity index (χ0) is 40.9. The van der Waals surface area contributed by atoms with Gasteiger partial charge in [0.1, 0.15) is 23.9 Å². The highest BCUT2D eigenvalue weighted by molar-refractivity contribution is 5.94. The average Bonchev–Trinajstić information content (AvgIpc) is 3.13. The van der Waals surface area contributed by atoms with Crippen LogP contribution in [0.4, 0.5) is 0 Å². The van der Waals surface area contributed by atoms with E-state index in [0.29, 0.717) is 17.5 Å². The van der Waals surface area contributed by atoms with Gasteiger partial charge in [-0.15, -0.1) is 0 Å². The van der Waals surface area contributed by atoms with E-state index in [9.17, 15) is 43.8 Å². The van der Waals surface area contributed by atoms with Crippen LogP contribution >= 0.6 is 0 Å². The maximum absolute atomic E-state index is 13.3. The molecule has 5 atom stereocenters. The molecule has 6 amide bonds. The normalized spacial score (nSPS) is 13.4. The number of aliphatic carboxylic acids is 1. The zero-order valence-corrected chi connectivity index (χ0v) is 30.2. The van der Waals surface area contributed by atoms with E-state index >= 15 is 0 Å². The number of carbonyl (C=O) groups is 7. The second-order valence-electron chi connectivity index (χ2n) is 12.6. The highest BCUT2D eigenvalue weighted by Crippen LogP contribution is 2.11. The third-order valence-electron chi connectivity index (χ3n) is 8.01. The minimum absolute atomic E-state index is 0.00331. The smallest absolute Gasteiger partial charge is 0.326 e. The van der Waals surface area contributed by atoms with E-state index in [1.807, 2.05) is 0 Å². The summed E-state index contributed by atoms with van der Waals surface area (Å²) in [6.07, 6.45) is 0.0630. The molecule has 0 bridgehead atoms. The van der Waals surface area contributed by atoms with Crippen molar-refractivity contribution in [2.24, 2.45) is 33.7 Å². The molecule has 20 heteroatoms. The Morgan fingerprint density at radius 3 is 1.87 bits per heavy atom. The summed E-state index contributed by atoms with van der Waals surface area (Å²) in [5.41, 5.74) is 29.1. The minimum atomic E-state index is -1.36.